The Bertz CT molecular complexity index is 1670. The molecule has 0 radical (unpaired) electrons. The summed E-state index contributed by atoms with van der Waals surface area (Å²) in [6, 6.07) is 3.80. The summed E-state index contributed by atoms with van der Waals surface area (Å²) in [4.78, 5) is 48.1. The molecule has 3 N–H and O–H groups in total. The van der Waals surface area contributed by atoms with E-state index in [1.165, 1.54) is 0 Å². The van der Waals surface area contributed by atoms with E-state index in [0.29, 0.717) is 65.8 Å². The third-order valence-electron chi connectivity index (χ3n) is 6.43. The van der Waals surface area contributed by atoms with Gasteiger partial charge in [0.05, 0.1) is 47.8 Å². The van der Waals surface area contributed by atoms with Crippen LogP contribution in [0.1, 0.15) is 24.2 Å². The lowest BCUT2D eigenvalue weighted by Crippen LogP contribution is -2.40. The molecule has 1 aliphatic heterocycles. The van der Waals surface area contributed by atoms with Crippen LogP contribution in [-0.2, 0) is 9.53 Å². The lowest BCUT2D eigenvalue weighted by Gasteiger charge is -2.26. The number of carbonyl (C=O) groups excluding carboxylic acids is 2. The van der Waals surface area contributed by atoms with Crippen molar-refractivity contribution >= 4 is 39.6 Å². The number of carbonyl (C=O) groups is 2. The Morgan fingerprint density at radius 1 is 1.03 bits per heavy atom. The third-order valence-corrected chi connectivity index (χ3v) is 6.43. The largest absolute Gasteiger partial charge is 0.378 e. The van der Waals surface area contributed by atoms with Crippen LogP contribution < -0.4 is 5.32 Å². The summed E-state index contributed by atoms with van der Waals surface area (Å²) >= 11 is 0. The van der Waals surface area contributed by atoms with Crippen LogP contribution in [0.15, 0.2) is 43.1 Å². The number of hydrogen-bond donors (Lipinski definition) is 3. The summed E-state index contributed by atoms with van der Waals surface area (Å²) in [5, 5.41) is 11.0. The van der Waals surface area contributed by atoms with Crippen molar-refractivity contribution < 1.29 is 14.3 Å². The first-order valence-corrected chi connectivity index (χ1v) is 12.3. The predicted octanol–water partition coefficient (Wildman–Crippen LogP) is 3.03. The molecule has 0 spiro atoms. The van der Waals surface area contributed by atoms with E-state index in [-0.39, 0.29) is 17.7 Å². The van der Waals surface area contributed by atoms with Crippen LogP contribution in [0.5, 0.6) is 0 Å². The topological polar surface area (TPSA) is 155 Å². The highest BCUT2D eigenvalue weighted by Gasteiger charge is 2.23. The van der Waals surface area contributed by atoms with Gasteiger partial charge in [0.15, 0.2) is 11.5 Å². The lowest BCUT2D eigenvalue weighted by atomic mass is 10.1. The van der Waals surface area contributed by atoms with Crippen LogP contribution in [-0.4, -0.2) is 78.1 Å². The molecule has 1 fully saturated rings. The van der Waals surface area contributed by atoms with E-state index in [9.17, 15) is 9.59 Å². The lowest BCUT2D eigenvalue weighted by molar-refractivity contribution is -0.118. The molecule has 2 amide bonds. The quantitative estimate of drug-likeness (QED) is 0.325. The number of nitrogens with one attached hydrogen (secondary N) is 3. The van der Waals surface area contributed by atoms with Gasteiger partial charge in [0, 0.05) is 48.7 Å². The molecule has 38 heavy (non-hydrogen) atoms. The van der Waals surface area contributed by atoms with E-state index in [2.05, 4.69) is 35.5 Å². The highest BCUT2D eigenvalue weighted by Crippen LogP contribution is 2.30. The average Bonchev–Trinajstić information content (AvgIpc) is 3.57. The van der Waals surface area contributed by atoms with Crippen LogP contribution in [0.4, 0.5) is 5.69 Å². The Hall–Kier alpha value is -4.71. The minimum absolute atomic E-state index is 0.0829. The van der Waals surface area contributed by atoms with Crippen molar-refractivity contribution in [3.8, 4) is 22.6 Å². The fourth-order valence-electron chi connectivity index (χ4n) is 4.34. The molecule has 1 saturated heterocycles. The molecule has 0 saturated carbocycles. The van der Waals surface area contributed by atoms with Crippen molar-refractivity contribution in [1.82, 2.24) is 40.0 Å². The molecule has 12 heteroatoms. The van der Waals surface area contributed by atoms with E-state index < -0.39 is 0 Å². The molecule has 6 rings (SSSR count). The molecular weight excluding hydrogens is 486 g/mol. The first-order chi connectivity index (χ1) is 18.5. The Balaban J connectivity index is 1.36. The molecule has 5 aromatic heterocycles. The fraction of sp³-hybridized carbons (Fsp3) is 0.269. The summed E-state index contributed by atoms with van der Waals surface area (Å²) < 4.78 is 5.37. The fourth-order valence-corrected chi connectivity index (χ4v) is 4.34. The highest BCUT2D eigenvalue weighted by atomic mass is 16.5. The van der Waals surface area contributed by atoms with Gasteiger partial charge >= 0.3 is 0 Å². The van der Waals surface area contributed by atoms with Gasteiger partial charge in [-0.25, -0.2) is 9.97 Å². The van der Waals surface area contributed by atoms with Crippen LogP contribution >= 0.6 is 0 Å². The number of rotatable bonds is 5. The number of ether oxygens (including phenoxy) is 1. The first kappa shape index (κ1) is 23.7. The zero-order valence-electron chi connectivity index (χ0n) is 20.9. The number of nitrogens with zero attached hydrogens (tertiary/aromatic N) is 6. The van der Waals surface area contributed by atoms with Gasteiger partial charge in [0.1, 0.15) is 11.2 Å². The minimum atomic E-state index is -0.145. The molecule has 0 unspecified atom stereocenters. The van der Waals surface area contributed by atoms with Gasteiger partial charge in [-0.15, -0.1) is 0 Å². The van der Waals surface area contributed by atoms with Crippen molar-refractivity contribution in [3.63, 3.8) is 0 Å². The van der Waals surface area contributed by atoms with Gasteiger partial charge in [-0.1, -0.05) is 13.8 Å². The van der Waals surface area contributed by atoms with Gasteiger partial charge in [0.25, 0.3) is 5.91 Å². The predicted molar refractivity (Wildman–Crippen MR) is 140 cm³/mol. The summed E-state index contributed by atoms with van der Waals surface area (Å²) in [6.45, 7) is 5.76. The second-order valence-electron chi connectivity index (χ2n) is 9.37. The molecule has 12 nitrogen and oxygen atoms in total. The number of aromatic amines is 2. The standard InChI is InChI=1S/C26H25N9O3/c1-14(2)25(36)30-17-7-15(9-27-11-17)16-8-18-22(33-34-23(18)29-10-16)24-31-20-13-28-12-19(21(20)32-24)26(37)35-3-5-38-6-4-35/h7-14H,3-6H2,1-2H3,(H,30,36)(H,31,32)(H,29,33,34). The number of amides is 2. The molecule has 5 aromatic rings. The number of imidazole rings is 1. The van der Waals surface area contributed by atoms with Gasteiger partial charge in [-0.3, -0.25) is 24.7 Å². The van der Waals surface area contributed by atoms with Crippen molar-refractivity contribution in [3.05, 3.63) is 48.7 Å². The molecule has 192 valence electrons. The smallest absolute Gasteiger partial charge is 0.257 e. The van der Waals surface area contributed by atoms with E-state index in [0.717, 1.165) is 16.5 Å². The molecule has 0 aromatic carbocycles. The summed E-state index contributed by atoms with van der Waals surface area (Å²) in [5.74, 6) is 0.163. The number of morpholine rings is 1. The van der Waals surface area contributed by atoms with Crippen LogP contribution in [0.3, 0.4) is 0 Å². The maximum absolute atomic E-state index is 13.2. The van der Waals surface area contributed by atoms with Gasteiger partial charge < -0.3 is 19.9 Å². The van der Waals surface area contributed by atoms with Crippen molar-refractivity contribution in [2.24, 2.45) is 5.92 Å². The van der Waals surface area contributed by atoms with Crippen molar-refractivity contribution in [2.45, 2.75) is 13.8 Å². The van der Waals surface area contributed by atoms with Gasteiger partial charge in [-0.2, -0.15) is 5.10 Å². The summed E-state index contributed by atoms with van der Waals surface area (Å²) in [6.07, 6.45) is 8.22. The maximum Gasteiger partial charge on any atom is 0.257 e. The van der Waals surface area contributed by atoms with E-state index in [1.54, 1.807) is 35.9 Å². The zero-order valence-corrected chi connectivity index (χ0v) is 20.9. The van der Waals surface area contributed by atoms with E-state index in [4.69, 9.17) is 9.72 Å². The SMILES string of the molecule is CC(C)C(=O)Nc1cncc(-c2cnc3n[nH]c(-c4nc5c(C(=O)N6CCOCC6)cncc5[nH]4)c3c2)c1. The van der Waals surface area contributed by atoms with Gasteiger partial charge in [-0.05, 0) is 12.1 Å². The number of pyridine rings is 3. The van der Waals surface area contributed by atoms with Crippen LogP contribution in [0.25, 0.3) is 44.7 Å². The second-order valence-corrected chi connectivity index (χ2v) is 9.37. The number of fused-ring (bicyclic) bond motifs is 2. The maximum atomic E-state index is 13.2. The number of aromatic nitrogens is 7. The van der Waals surface area contributed by atoms with Crippen molar-refractivity contribution in [1.29, 1.82) is 0 Å². The summed E-state index contributed by atoms with van der Waals surface area (Å²) in [5.41, 5.74) is 4.96. The monoisotopic (exact) mass is 511 g/mol. The highest BCUT2D eigenvalue weighted by molar-refractivity contribution is 6.05. The molecular formula is C26H25N9O3. The van der Waals surface area contributed by atoms with E-state index >= 15 is 0 Å². The normalized spacial score (nSPS) is 13.9. The molecule has 1 aliphatic rings. The average molecular weight is 512 g/mol. The Labute approximate surface area is 216 Å². The van der Waals surface area contributed by atoms with Crippen LogP contribution in [0, 0.1) is 5.92 Å². The molecule has 0 atom stereocenters. The number of hydrogen-bond acceptors (Lipinski definition) is 8. The summed E-state index contributed by atoms with van der Waals surface area (Å²) in [7, 11) is 0. The number of H-pyrrole nitrogens is 2. The Morgan fingerprint density at radius 3 is 2.63 bits per heavy atom. The third kappa shape index (κ3) is 4.34. The minimum Gasteiger partial charge on any atom is -0.378 e. The van der Waals surface area contributed by atoms with E-state index in [1.807, 2.05) is 26.0 Å². The Kier molecular flexibility index (Phi) is 6.00. The van der Waals surface area contributed by atoms with Gasteiger partial charge in [0.2, 0.25) is 5.91 Å². The first-order valence-electron chi connectivity index (χ1n) is 12.3. The Morgan fingerprint density at radius 2 is 1.82 bits per heavy atom. The van der Waals surface area contributed by atoms with Crippen molar-refractivity contribution in [2.75, 3.05) is 31.6 Å². The molecule has 0 aliphatic carbocycles. The zero-order chi connectivity index (χ0) is 26.2. The number of anilines is 1. The molecule has 0 bridgehead atoms. The molecule has 6 heterocycles. The van der Waals surface area contributed by atoms with Crippen LogP contribution in [0.2, 0.25) is 0 Å². The second kappa shape index (κ2) is 9.63.